The van der Waals surface area contributed by atoms with Crippen molar-refractivity contribution >= 4 is 23.6 Å². The lowest BCUT2D eigenvalue weighted by Gasteiger charge is -2.36. The van der Waals surface area contributed by atoms with Crippen LogP contribution >= 0.6 is 0 Å². The summed E-state index contributed by atoms with van der Waals surface area (Å²) < 4.78 is 0. The summed E-state index contributed by atoms with van der Waals surface area (Å²) in [6, 6.07) is -0.741. The first-order valence-corrected chi connectivity index (χ1v) is 10.4. The van der Waals surface area contributed by atoms with Gasteiger partial charge < -0.3 is 15.0 Å². The molecule has 172 valence electrons. The van der Waals surface area contributed by atoms with Crippen LogP contribution in [0.25, 0.3) is 0 Å². The van der Waals surface area contributed by atoms with Crippen LogP contribution in [-0.4, -0.2) is 41.9 Å². The van der Waals surface area contributed by atoms with Crippen LogP contribution in [-0.2, 0) is 28.9 Å². The number of hydroxylamine groups is 1. The number of allylic oxidation sites excluding steroid dienone is 1. The highest BCUT2D eigenvalue weighted by Crippen LogP contribution is 2.36. The van der Waals surface area contributed by atoms with E-state index in [9.17, 15) is 19.2 Å². The van der Waals surface area contributed by atoms with Crippen LogP contribution in [0.5, 0.6) is 0 Å². The van der Waals surface area contributed by atoms with Crippen molar-refractivity contribution in [1.82, 2.24) is 16.1 Å². The summed E-state index contributed by atoms with van der Waals surface area (Å²) in [7, 11) is 0. The molecule has 0 spiro atoms. The molecule has 5 N–H and O–H groups in total. The number of hydrogen-bond donors (Lipinski definition) is 4. The monoisotopic (exact) mass is 436 g/mol. The van der Waals surface area contributed by atoms with Gasteiger partial charge in [0.2, 0.25) is 0 Å². The Labute approximate surface area is 181 Å². The fraction of sp³-hybridized carbons (Fsp3) is 0.619. The van der Waals surface area contributed by atoms with E-state index in [1.807, 2.05) is 20.8 Å². The Kier molecular flexibility index (Phi) is 7.74. The van der Waals surface area contributed by atoms with Crippen molar-refractivity contribution in [3.63, 3.8) is 0 Å². The summed E-state index contributed by atoms with van der Waals surface area (Å²) in [5.74, 6) is 1.33. The number of carbonyl (C=O) groups excluding carboxylic acids is 4. The van der Waals surface area contributed by atoms with Gasteiger partial charge in [0.05, 0.1) is 17.5 Å². The number of hydrogen-bond acceptors (Lipinski definition) is 9. The van der Waals surface area contributed by atoms with Crippen LogP contribution < -0.4 is 22.0 Å². The van der Waals surface area contributed by atoms with Gasteiger partial charge in [-0.3, -0.25) is 14.9 Å². The summed E-state index contributed by atoms with van der Waals surface area (Å²) in [4.78, 5) is 59.3. The Hall–Kier alpha value is -2.56. The molecule has 3 atom stereocenters. The van der Waals surface area contributed by atoms with Gasteiger partial charge in [0.1, 0.15) is 11.8 Å². The minimum absolute atomic E-state index is 0.0114. The first-order valence-electron chi connectivity index (χ1n) is 10.4. The minimum Gasteiger partial charge on any atom is -0.373 e. The third-order valence-corrected chi connectivity index (χ3v) is 6.03. The van der Waals surface area contributed by atoms with Crippen molar-refractivity contribution < 1.29 is 28.9 Å². The predicted molar refractivity (Wildman–Crippen MR) is 111 cm³/mol. The largest absolute Gasteiger partial charge is 0.373 e. The number of Topliss-reactive ketones (excluding diaryl/α,β-unsaturated/α-hetero) is 1. The molecule has 10 nitrogen and oxygen atoms in total. The third kappa shape index (κ3) is 5.57. The summed E-state index contributed by atoms with van der Waals surface area (Å²) >= 11 is 0. The Morgan fingerprint density at radius 2 is 1.90 bits per heavy atom. The fourth-order valence-corrected chi connectivity index (χ4v) is 3.58. The molecular formula is C21H32N4O6. The Balaban J connectivity index is 2.19. The Morgan fingerprint density at radius 3 is 2.48 bits per heavy atom. The van der Waals surface area contributed by atoms with Gasteiger partial charge in [-0.05, 0) is 26.7 Å². The normalized spacial score (nSPS) is 25.3. The molecule has 1 aliphatic carbocycles. The zero-order valence-corrected chi connectivity index (χ0v) is 18.6. The molecule has 0 saturated carbocycles. The highest BCUT2D eigenvalue weighted by atomic mass is 16.7. The van der Waals surface area contributed by atoms with E-state index in [2.05, 4.69) is 21.0 Å². The summed E-state index contributed by atoms with van der Waals surface area (Å²) in [6.45, 7) is 9.20. The van der Waals surface area contributed by atoms with Crippen molar-refractivity contribution in [2.24, 2.45) is 23.1 Å². The first kappa shape index (κ1) is 24.7. The number of nitrogens with one attached hydrogen (secondary N) is 3. The average molecular weight is 437 g/mol. The number of amides is 1. The Bertz CT molecular complexity index is 800. The van der Waals surface area contributed by atoms with Crippen molar-refractivity contribution in [2.75, 3.05) is 6.54 Å². The van der Waals surface area contributed by atoms with Gasteiger partial charge in [0.15, 0.2) is 0 Å². The van der Waals surface area contributed by atoms with Gasteiger partial charge in [0, 0.05) is 17.5 Å². The predicted octanol–water partition coefficient (Wildman–Crippen LogP) is 0.399. The molecule has 0 aromatic heterocycles. The quantitative estimate of drug-likeness (QED) is 0.397. The van der Waals surface area contributed by atoms with E-state index in [0.717, 1.165) is 0 Å². The molecule has 1 heterocycles. The molecule has 2 aliphatic rings. The van der Waals surface area contributed by atoms with Gasteiger partial charge in [-0.25, -0.2) is 9.59 Å². The van der Waals surface area contributed by atoms with E-state index in [-0.39, 0.29) is 17.9 Å². The number of ketones is 1. The molecule has 0 aromatic rings. The minimum atomic E-state index is -0.909. The second-order valence-electron chi connectivity index (χ2n) is 8.66. The van der Waals surface area contributed by atoms with E-state index in [4.69, 9.17) is 10.7 Å². The molecule has 1 fully saturated rings. The fourth-order valence-electron chi connectivity index (χ4n) is 3.58. The topological polar surface area (TPSA) is 149 Å². The first-order chi connectivity index (χ1) is 14.5. The summed E-state index contributed by atoms with van der Waals surface area (Å²) in [5, 5.41) is 5.70. The van der Waals surface area contributed by atoms with Crippen LogP contribution in [0, 0.1) is 17.3 Å². The van der Waals surface area contributed by atoms with E-state index in [1.165, 1.54) is 18.2 Å². The van der Waals surface area contributed by atoms with E-state index >= 15 is 0 Å². The second-order valence-corrected chi connectivity index (χ2v) is 8.66. The lowest BCUT2D eigenvalue weighted by atomic mass is 9.70. The van der Waals surface area contributed by atoms with Crippen molar-refractivity contribution in [3.05, 3.63) is 23.8 Å². The maximum atomic E-state index is 13.3. The van der Waals surface area contributed by atoms with Gasteiger partial charge in [0.25, 0.3) is 5.91 Å². The highest BCUT2D eigenvalue weighted by molar-refractivity contribution is 6.00. The summed E-state index contributed by atoms with van der Waals surface area (Å²) in [5.41, 5.74) is 1.48. The Morgan fingerprint density at radius 1 is 1.26 bits per heavy atom. The number of nitrogens with two attached hydrogens (primary N) is 1. The zero-order chi connectivity index (χ0) is 23.4. The van der Waals surface area contributed by atoms with Gasteiger partial charge in [-0.2, -0.15) is 5.90 Å². The summed E-state index contributed by atoms with van der Waals surface area (Å²) in [6.07, 6.45) is 5.55. The van der Waals surface area contributed by atoms with Crippen LogP contribution in [0.4, 0.5) is 0 Å². The second kappa shape index (κ2) is 9.71. The number of rotatable bonds is 8. The molecule has 3 unspecified atom stereocenters. The molecule has 0 radical (unpaired) electrons. The SMILES string of the molecule is CCC(C)(CC)C(=O)C1C=C(C(=O)NCC2NC(C)(C)NOC2=O)C=CC1C(=O)ON. The van der Waals surface area contributed by atoms with Crippen LogP contribution in [0.15, 0.2) is 23.8 Å². The smallest absolute Gasteiger partial charge is 0.343 e. The van der Waals surface area contributed by atoms with E-state index in [1.54, 1.807) is 13.8 Å². The van der Waals surface area contributed by atoms with Crippen molar-refractivity contribution in [3.8, 4) is 0 Å². The van der Waals surface area contributed by atoms with E-state index < -0.39 is 46.8 Å². The molecule has 31 heavy (non-hydrogen) atoms. The van der Waals surface area contributed by atoms with E-state index in [0.29, 0.717) is 12.8 Å². The molecular weight excluding hydrogens is 404 g/mol. The van der Waals surface area contributed by atoms with Crippen LogP contribution in [0.3, 0.4) is 0 Å². The van der Waals surface area contributed by atoms with Crippen LogP contribution in [0.1, 0.15) is 47.5 Å². The van der Waals surface area contributed by atoms with Gasteiger partial charge in [-0.1, -0.05) is 39.0 Å². The molecule has 0 aromatic carbocycles. The maximum Gasteiger partial charge on any atom is 0.343 e. The lowest BCUT2D eigenvalue weighted by molar-refractivity contribution is -0.169. The standard InChI is InChI=1S/C21H32N4O6/c1-6-21(5,7-2)16(26)14-10-12(8-9-13(14)18(28)30-22)17(27)23-11-15-19(29)31-25-20(3,4)24-15/h8-10,13-15,24-25H,6-7,11,22H2,1-5H3,(H,23,27). The van der Waals surface area contributed by atoms with Gasteiger partial charge >= 0.3 is 11.9 Å². The van der Waals surface area contributed by atoms with Crippen molar-refractivity contribution in [2.45, 2.75) is 59.2 Å². The molecule has 1 amide bonds. The molecule has 10 heteroatoms. The zero-order valence-electron chi connectivity index (χ0n) is 18.6. The maximum absolute atomic E-state index is 13.3. The molecule has 1 saturated heterocycles. The van der Waals surface area contributed by atoms with Crippen LogP contribution in [0.2, 0.25) is 0 Å². The van der Waals surface area contributed by atoms with Gasteiger partial charge in [-0.15, -0.1) is 5.48 Å². The molecule has 1 aliphatic heterocycles. The van der Waals surface area contributed by atoms with Crippen molar-refractivity contribution in [1.29, 1.82) is 0 Å². The lowest BCUT2D eigenvalue weighted by Crippen LogP contribution is -2.66. The highest BCUT2D eigenvalue weighted by Gasteiger charge is 2.42. The number of carbonyl (C=O) groups is 4. The molecule has 2 rings (SSSR count). The third-order valence-electron chi connectivity index (χ3n) is 6.03. The average Bonchev–Trinajstić information content (AvgIpc) is 2.77. The molecule has 0 bridgehead atoms.